The summed E-state index contributed by atoms with van der Waals surface area (Å²) >= 11 is 0. The molecule has 7 nitrogen and oxygen atoms in total. The molecule has 0 aliphatic heterocycles. The van der Waals surface area contributed by atoms with Gasteiger partial charge in [-0.05, 0) is 18.6 Å². The number of primary amides is 1. The summed E-state index contributed by atoms with van der Waals surface area (Å²) in [4.78, 5) is 33.7. The summed E-state index contributed by atoms with van der Waals surface area (Å²) in [6.45, 7) is 1.74. The second kappa shape index (κ2) is 5.12. The standard InChI is InChI=1S/C13H13N3O4/c1-2-10(13(14)18)15-11-5-4-9(16(19)20)7-8(11)3-6-12(15)17/h3-7,10H,2H2,1H3,(H2,14,18). The number of carbonyl (C=O) groups excluding carboxylic acids is 1. The van der Waals surface area contributed by atoms with Gasteiger partial charge in [0, 0.05) is 23.6 Å². The summed E-state index contributed by atoms with van der Waals surface area (Å²) in [7, 11) is 0. The highest BCUT2D eigenvalue weighted by molar-refractivity contribution is 5.85. The molecule has 1 heterocycles. The van der Waals surface area contributed by atoms with E-state index in [9.17, 15) is 19.7 Å². The van der Waals surface area contributed by atoms with Gasteiger partial charge >= 0.3 is 0 Å². The summed E-state index contributed by atoms with van der Waals surface area (Å²) in [5, 5.41) is 11.3. The van der Waals surface area contributed by atoms with Crippen molar-refractivity contribution in [3.05, 3.63) is 50.8 Å². The largest absolute Gasteiger partial charge is 0.368 e. The molecule has 0 aliphatic carbocycles. The first-order chi connectivity index (χ1) is 9.45. The van der Waals surface area contributed by atoms with Crippen LogP contribution in [-0.2, 0) is 4.79 Å². The van der Waals surface area contributed by atoms with Crippen LogP contribution in [0.4, 0.5) is 5.69 Å². The van der Waals surface area contributed by atoms with E-state index in [-0.39, 0.29) is 11.2 Å². The number of pyridine rings is 1. The minimum absolute atomic E-state index is 0.0742. The molecule has 0 saturated heterocycles. The van der Waals surface area contributed by atoms with E-state index < -0.39 is 16.9 Å². The molecule has 1 aromatic heterocycles. The monoisotopic (exact) mass is 275 g/mol. The molecule has 1 aromatic carbocycles. The van der Waals surface area contributed by atoms with E-state index in [1.807, 2.05) is 0 Å². The van der Waals surface area contributed by atoms with Crippen molar-refractivity contribution >= 4 is 22.5 Å². The zero-order valence-electron chi connectivity index (χ0n) is 10.8. The first-order valence-corrected chi connectivity index (χ1v) is 6.04. The third kappa shape index (κ3) is 2.25. The predicted molar refractivity (Wildman–Crippen MR) is 73.4 cm³/mol. The maximum Gasteiger partial charge on any atom is 0.270 e. The van der Waals surface area contributed by atoms with E-state index in [2.05, 4.69) is 0 Å². The van der Waals surface area contributed by atoms with Crippen LogP contribution in [0.2, 0.25) is 0 Å². The fourth-order valence-electron chi connectivity index (χ4n) is 2.20. The van der Waals surface area contributed by atoms with Crippen molar-refractivity contribution in [2.45, 2.75) is 19.4 Å². The molecule has 0 fully saturated rings. The molecule has 2 rings (SSSR count). The van der Waals surface area contributed by atoms with Crippen molar-refractivity contribution < 1.29 is 9.72 Å². The number of benzene rings is 1. The van der Waals surface area contributed by atoms with Gasteiger partial charge in [-0.2, -0.15) is 0 Å². The fourth-order valence-corrected chi connectivity index (χ4v) is 2.20. The smallest absolute Gasteiger partial charge is 0.270 e. The highest BCUT2D eigenvalue weighted by atomic mass is 16.6. The van der Waals surface area contributed by atoms with Crippen molar-refractivity contribution in [3.63, 3.8) is 0 Å². The number of hydrogen-bond donors (Lipinski definition) is 1. The molecule has 0 spiro atoms. The molecule has 0 bridgehead atoms. The molecule has 1 amide bonds. The molecule has 0 aliphatic rings. The van der Waals surface area contributed by atoms with E-state index in [0.29, 0.717) is 17.3 Å². The summed E-state index contributed by atoms with van der Waals surface area (Å²) in [6, 6.07) is 6.12. The second-order valence-corrected chi connectivity index (χ2v) is 4.37. The molecule has 7 heteroatoms. The zero-order valence-corrected chi connectivity index (χ0v) is 10.8. The van der Waals surface area contributed by atoms with Crippen molar-refractivity contribution in [3.8, 4) is 0 Å². The maximum absolute atomic E-state index is 12.0. The highest BCUT2D eigenvalue weighted by Gasteiger charge is 2.19. The Morgan fingerprint density at radius 2 is 2.10 bits per heavy atom. The second-order valence-electron chi connectivity index (χ2n) is 4.37. The Hall–Kier alpha value is -2.70. The molecular weight excluding hydrogens is 262 g/mol. The number of hydrogen-bond acceptors (Lipinski definition) is 4. The van der Waals surface area contributed by atoms with Crippen LogP contribution in [-0.4, -0.2) is 15.4 Å². The van der Waals surface area contributed by atoms with Crippen LogP contribution < -0.4 is 11.3 Å². The minimum atomic E-state index is -0.771. The number of carbonyl (C=O) groups is 1. The number of nitro groups is 1. The van der Waals surface area contributed by atoms with Gasteiger partial charge in [-0.3, -0.25) is 24.3 Å². The van der Waals surface area contributed by atoms with Crippen LogP contribution in [0.25, 0.3) is 10.9 Å². The lowest BCUT2D eigenvalue weighted by atomic mass is 10.1. The quantitative estimate of drug-likeness (QED) is 0.670. The molecule has 104 valence electrons. The highest BCUT2D eigenvalue weighted by Crippen LogP contribution is 2.22. The molecule has 20 heavy (non-hydrogen) atoms. The van der Waals surface area contributed by atoms with Gasteiger partial charge in [0.15, 0.2) is 0 Å². The lowest BCUT2D eigenvalue weighted by Crippen LogP contribution is -2.33. The molecule has 1 atom stereocenters. The van der Waals surface area contributed by atoms with Crippen LogP contribution in [0, 0.1) is 10.1 Å². The Balaban J connectivity index is 2.77. The van der Waals surface area contributed by atoms with Gasteiger partial charge in [0.2, 0.25) is 5.91 Å². The van der Waals surface area contributed by atoms with Crippen molar-refractivity contribution in [1.29, 1.82) is 0 Å². The van der Waals surface area contributed by atoms with Crippen molar-refractivity contribution in [2.75, 3.05) is 0 Å². The van der Waals surface area contributed by atoms with Crippen LogP contribution in [0.5, 0.6) is 0 Å². The number of nitrogens with two attached hydrogens (primary N) is 1. The van der Waals surface area contributed by atoms with E-state index in [1.165, 1.54) is 34.9 Å². The fraction of sp³-hybridized carbons (Fsp3) is 0.231. The third-order valence-electron chi connectivity index (χ3n) is 3.15. The van der Waals surface area contributed by atoms with Crippen molar-refractivity contribution in [2.24, 2.45) is 5.73 Å². The number of aromatic nitrogens is 1. The van der Waals surface area contributed by atoms with Gasteiger partial charge in [0.05, 0.1) is 10.4 Å². The SMILES string of the molecule is CCC(C(N)=O)n1c(=O)ccc2cc([N+](=O)[O-])ccc21. The van der Waals surface area contributed by atoms with Crippen LogP contribution in [0.3, 0.4) is 0 Å². The number of fused-ring (bicyclic) bond motifs is 1. The van der Waals surface area contributed by atoms with Crippen LogP contribution >= 0.6 is 0 Å². The Kier molecular flexibility index (Phi) is 3.51. The number of non-ortho nitro benzene ring substituents is 1. The van der Waals surface area contributed by atoms with Gasteiger partial charge in [-0.1, -0.05) is 6.92 Å². The van der Waals surface area contributed by atoms with Crippen LogP contribution in [0.1, 0.15) is 19.4 Å². The molecule has 1 unspecified atom stereocenters. The normalized spacial score (nSPS) is 12.2. The van der Waals surface area contributed by atoms with Gasteiger partial charge in [0.25, 0.3) is 11.2 Å². The molecule has 2 N–H and O–H groups in total. The topological polar surface area (TPSA) is 108 Å². The van der Waals surface area contributed by atoms with Gasteiger partial charge in [-0.25, -0.2) is 0 Å². The Morgan fingerprint density at radius 1 is 1.40 bits per heavy atom. The lowest BCUT2D eigenvalue weighted by Gasteiger charge is -2.17. The average Bonchev–Trinajstić information content (AvgIpc) is 2.41. The Labute approximate surface area is 113 Å². The molecule has 2 aromatic rings. The number of nitrogens with zero attached hydrogens (tertiary/aromatic N) is 2. The van der Waals surface area contributed by atoms with Gasteiger partial charge < -0.3 is 5.73 Å². The summed E-state index contributed by atoms with van der Waals surface area (Å²) in [5.74, 6) is -0.611. The van der Waals surface area contributed by atoms with Gasteiger partial charge in [-0.15, -0.1) is 0 Å². The predicted octanol–water partition coefficient (Wildman–Crippen LogP) is 1.35. The first kappa shape index (κ1) is 13.7. The minimum Gasteiger partial charge on any atom is -0.368 e. The molecule has 0 radical (unpaired) electrons. The Morgan fingerprint density at radius 3 is 2.65 bits per heavy atom. The first-order valence-electron chi connectivity index (χ1n) is 6.04. The summed E-state index contributed by atoms with van der Waals surface area (Å²) in [6.07, 6.45) is 0.366. The van der Waals surface area contributed by atoms with Crippen molar-refractivity contribution in [1.82, 2.24) is 4.57 Å². The number of nitro benzene ring substituents is 1. The summed E-state index contributed by atoms with van der Waals surface area (Å²) < 4.78 is 1.28. The van der Waals surface area contributed by atoms with E-state index in [0.717, 1.165) is 0 Å². The van der Waals surface area contributed by atoms with Gasteiger partial charge in [0.1, 0.15) is 6.04 Å². The average molecular weight is 275 g/mol. The third-order valence-corrected chi connectivity index (χ3v) is 3.15. The molecule has 0 saturated carbocycles. The van der Waals surface area contributed by atoms with E-state index >= 15 is 0 Å². The number of amides is 1. The lowest BCUT2D eigenvalue weighted by molar-refractivity contribution is -0.384. The summed E-state index contributed by atoms with van der Waals surface area (Å²) in [5.41, 5.74) is 5.32. The molecular formula is C13H13N3O4. The zero-order chi connectivity index (χ0) is 14.9. The van der Waals surface area contributed by atoms with E-state index in [4.69, 9.17) is 5.73 Å². The van der Waals surface area contributed by atoms with Crippen LogP contribution in [0.15, 0.2) is 35.1 Å². The Bertz CT molecular complexity index is 751. The van der Waals surface area contributed by atoms with E-state index in [1.54, 1.807) is 6.92 Å². The number of rotatable bonds is 4. The maximum atomic E-state index is 12.0.